The number of hydrogen-bond acceptors (Lipinski definition) is 2. The highest BCUT2D eigenvalue weighted by molar-refractivity contribution is 5.74. The van der Waals surface area contributed by atoms with Gasteiger partial charge in [0.25, 0.3) is 0 Å². The normalized spacial score (nSPS) is 21.6. The number of aliphatic hydroxyl groups excluding tert-OH is 1. The number of carbonyl (C=O) groups excluding carboxylic acids is 1. The van der Waals surface area contributed by atoms with Gasteiger partial charge in [0.1, 0.15) is 0 Å². The fourth-order valence-electron chi connectivity index (χ4n) is 2.82. The van der Waals surface area contributed by atoms with Crippen LogP contribution in [-0.4, -0.2) is 30.8 Å². The van der Waals surface area contributed by atoms with Crippen LogP contribution in [0.3, 0.4) is 0 Å². The Bertz CT molecular complexity index is 448. The number of carbonyl (C=O) groups is 1. The van der Waals surface area contributed by atoms with Crippen LogP contribution >= 0.6 is 0 Å². The third kappa shape index (κ3) is 3.26. The first-order chi connectivity index (χ1) is 9.15. The number of hydrogen-bond donors (Lipinski definition) is 3. The molecule has 4 heteroatoms. The highest BCUT2D eigenvalue weighted by atomic mass is 16.3. The van der Waals surface area contributed by atoms with Crippen LogP contribution < -0.4 is 10.6 Å². The zero-order chi connectivity index (χ0) is 13.7. The maximum atomic E-state index is 11.6. The Morgan fingerprint density at radius 1 is 1.37 bits per heavy atom. The molecule has 4 nitrogen and oxygen atoms in total. The van der Waals surface area contributed by atoms with Crippen molar-refractivity contribution in [2.45, 2.75) is 31.6 Å². The molecule has 1 atom stereocenters. The minimum atomic E-state index is -0.210. The maximum Gasteiger partial charge on any atom is 0.314 e. The first kappa shape index (κ1) is 13.9. The highest BCUT2D eigenvalue weighted by Crippen LogP contribution is 2.36. The van der Waals surface area contributed by atoms with Crippen LogP contribution in [-0.2, 0) is 11.8 Å². The summed E-state index contributed by atoms with van der Waals surface area (Å²) in [5.74, 6) is 0. The fourth-order valence-corrected chi connectivity index (χ4v) is 2.82. The summed E-state index contributed by atoms with van der Waals surface area (Å²) in [5, 5.41) is 14.2. The second-order valence-corrected chi connectivity index (χ2v) is 5.40. The molecule has 0 saturated heterocycles. The van der Waals surface area contributed by atoms with Crippen molar-refractivity contribution >= 4 is 6.03 Å². The van der Waals surface area contributed by atoms with E-state index < -0.39 is 0 Å². The first-order valence-corrected chi connectivity index (χ1v) is 6.87. The van der Waals surface area contributed by atoms with Crippen molar-refractivity contribution in [1.82, 2.24) is 10.6 Å². The van der Waals surface area contributed by atoms with Crippen molar-refractivity contribution in [3.05, 3.63) is 35.4 Å². The van der Waals surface area contributed by atoms with Gasteiger partial charge in [0.05, 0.1) is 6.61 Å². The largest absolute Gasteiger partial charge is 0.395 e. The molecule has 0 aliphatic heterocycles. The second kappa shape index (κ2) is 6.06. The topological polar surface area (TPSA) is 61.4 Å². The number of rotatable bonds is 4. The molecule has 0 spiro atoms. The standard InChI is InChI=1S/C15H22N2O2/c1-15(11-17-14(19)16-9-10-18)8-4-6-12-5-2-3-7-13(12)15/h2-3,5,7,18H,4,6,8-11H2,1H3,(H2,16,17,19). The Hall–Kier alpha value is -1.55. The molecule has 0 heterocycles. The van der Waals surface area contributed by atoms with Gasteiger partial charge in [-0.25, -0.2) is 4.79 Å². The average Bonchev–Trinajstić information content (AvgIpc) is 2.44. The van der Waals surface area contributed by atoms with Crippen molar-refractivity contribution < 1.29 is 9.90 Å². The van der Waals surface area contributed by atoms with E-state index in [2.05, 4.69) is 41.8 Å². The number of amides is 2. The zero-order valence-corrected chi connectivity index (χ0v) is 11.4. The van der Waals surface area contributed by atoms with E-state index in [0.29, 0.717) is 13.1 Å². The maximum absolute atomic E-state index is 11.6. The molecule has 0 aromatic heterocycles. The molecule has 1 unspecified atom stereocenters. The summed E-state index contributed by atoms with van der Waals surface area (Å²) in [7, 11) is 0. The lowest BCUT2D eigenvalue weighted by Crippen LogP contribution is -2.45. The summed E-state index contributed by atoms with van der Waals surface area (Å²) in [6, 6.07) is 8.28. The van der Waals surface area contributed by atoms with Crippen LogP contribution in [0.25, 0.3) is 0 Å². The number of aliphatic hydroxyl groups is 1. The third-order valence-corrected chi connectivity index (χ3v) is 3.88. The predicted molar refractivity (Wildman–Crippen MR) is 75.2 cm³/mol. The van der Waals surface area contributed by atoms with Gasteiger partial charge in [0, 0.05) is 18.5 Å². The average molecular weight is 262 g/mol. The molecule has 1 aliphatic carbocycles. The van der Waals surface area contributed by atoms with Crippen LogP contribution in [0.4, 0.5) is 4.79 Å². The molecule has 0 radical (unpaired) electrons. The van der Waals surface area contributed by atoms with Gasteiger partial charge in [-0.2, -0.15) is 0 Å². The number of urea groups is 1. The molecule has 0 fully saturated rings. The number of benzene rings is 1. The van der Waals surface area contributed by atoms with Crippen molar-refractivity contribution in [3.8, 4) is 0 Å². The predicted octanol–water partition coefficient (Wildman–Crippen LogP) is 1.57. The molecule has 1 aliphatic rings. The van der Waals surface area contributed by atoms with E-state index in [9.17, 15) is 4.79 Å². The minimum Gasteiger partial charge on any atom is -0.395 e. The summed E-state index contributed by atoms with van der Waals surface area (Å²) in [4.78, 5) is 11.6. The van der Waals surface area contributed by atoms with Gasteiger partial charge in [0.15, 0.2) is 0 Å². The van der Waals surface area contributed by atoms with Crippen LogP contribution in [0.5, 0.6) is 0 Å². The van der Waals surface area contributed by atoms with E-state index in [-0.39, 0.29) is 18.1 Å². The lowest BCUT2D eigenvalue weighted by molar-refractivity contribution is 0.230. The second-order valence-electron chi connectivity index (χ2n) is 5.40. The molecular weight excluding hydrogens is 240 g/mol. The monoisotopic (exact) mass is 262 g/mol. The highest BCUT2D eigenvalue weighted by Gasteiger charge is 2.31. The molecule has 0 saturated carbocycles. The number of aryl methyl sites for hydroxylation is 1. The van der Waals surface area contributed by atoms with Gasteiger partial charge in [-0.3, -0.25) is 0 Å². The van der Waals surface area contributed by atoms with Gasteiger partial charge in [0.2, 0.25) is 0 Å². The van der Waals surface area contributed by atoms with E-state index in [4.69, 9.17) is 5.11 Å². The van der Waals surface area contributed by atoms with E-state index in [0.717, 1.165) is 19.3 Å². The Kier molecular flexibility index (Phi) is 4.43. The Balaban J connectivity index is 2.01. The van der Waals surface area contributed by atoms with Gasteiger partial charge >= 0.3 is 6.03 Å². The van der Waals surface area contributed by atoms with Crippen LogP contribution in [0.2, 0.25) is 0 Å². The summed E-state index contributed by atoms with van der Waals surface area (Å²) in [5.41, 5.74) is 2.75. The number of nitrogens with one attached hydrogen (secondary N) is 2. The van der Waals surface area contributed by atoms with E-state index >= 15 is 0 Å². The summed E-state index contributed by atoms with van der Waals surface area (Å²) < 4.78 is 0. The molecule has 3 N–H and O–H groups in total. The van der Waals surface area contributed by atoms with Crippen LogP contribution in [0, 0.1) is 0 Å². The Labute approximate surface area is 114 Å². The van der Waals surface area contributed by atoms with Crippen molar-refractivity contribution in [2.75, 3.05) is 19.7 Å². The molecule has 104 valence electrons. The fraction of sp³-hybridized carbons (Fsp3) is 0.533. The van der Waals surface area contributed by atoms with Gasteiger partial charge < -0.3 is 15.7 Å². The molecular formula is C15H22N2O2. The van der Waals surface area contributed by atoms with Crippen molar-refractivity contribution in [1.29, 1.82) is 0 Å². The Morgan fingerprint density at radius 3 is 2.95 bits per heavy atom. The molecule has 2 amide bonds. The lowest BCUT2D eigenvalue weighted by atomic mass is 9.71. The van der Waals surface area contributed by atoms with Crippen molar-refractivity contribution in [3.63, 3.8) is 0 Å². The minimum absolute atomic E-state index is 0.00536. The summed E-state index contributed by atoms with van der Waals surface area (Å²) in [6.45, 7) is 3.09. The van der Waals surface area contributed by atoms with Crippen LogP contribution in [0.1, 0.15) is 30.9 Å². The molecule has 0 bridgehead atoms. The van der Waals surface area contributed by atoms with E-state index in [1.807, 2.05) is 0 Å². The zero-order valence-electron chi connectivity index (χ0n) is 11.4. The molecule has 19 heavy (non-hydrogen) atoms. The molecule has 1 aromatic rings. The lowest BCUT2D eigenvalue weighted by Gasteiger charge is -2.36. The van der Waals surface area contributed by atoms with Gasteiger partial charge in [-0.15, -0.1) is 0 Å². The first-order valence-electron chi connectivity index (χ1n) is 6.87. The quantitative estimate of drug-likeness (QED) is 0.771. The summed E-state index contributed by atoms with van der Waals surface area (Å²) in [6.07, 6.45) is 3.38. The van der Waals surface area contributed by atoms with E-state index in [1.54, 1.807) is 0 Å². The van der Waals surface area contributed by atoms with Crippen LogP contribution in [0.15, 0.2) is 24.3 Å². The number of fused-ring (bicyclic) bond motifs is 1. The SMILES string of the molecule is CC1(CNC(=O)NCCO)CCCc2ccccc21. The molecule has 2 rings (SSSR count). The van der Waals surface area contributed by atoms with E-state index in [1.165, 1.54) is 11.1 Å². The van der Waals surface area contributed by atoms with Gasteiger partial charge in [-0.05, 0) is 30.4 Å². The molecule has 1 aromatic carbocycles. The summed E-state index contributed by atoms with van der Waals surface area (Å²) >= 11 is 0. The Morgan fingerprint density at radius 2 is 2.16 bits per heavy atom. The van der Waals surface area contributed by atoms with Gasteiger partial charge in [-0.1, -0.05) is 31.2 Å². The smallest absolute Gasteiger partial charge is 0.314 e. The third-order valence-electron chi connectivity index (χ3n) is 3.88. The van der Waals surface area contributed by atoms with Crippen molar-refractivity contribution in [2.24, 2.45) is 0 Å².